The van der Waals surface area contributed by atoms with E-state index in [1.54, 1.807) is 12.1 Å². The van der Waals surface area contributed by atoms with Gasteiger partial charge in [0.05, 0.1) is 0 Å². The van der Waals surface area contributed by atoms with Gasteiger partial charge >= 0.3 is 17.8 Å². The van der Waals surface area contributed by atoms with Gasteiger partial charge in [0, 0.05) is 10.6 Å². The van der Waals surface area contributed by atoms with Crippen molar-refractivity contribution in [2.75, 3.05) is 0 Å². The van der Waals surface area contributed by atoms with Crippen molar-refractivity contribution in [1.82, 2.24) is 0 Å². The first kappa shape index (κ1) is 14.0. The van der Waals surface area contributed by atoms with Crippen molar-refractivity contribution in [2.45, 2.75) is 17.8 Å². The molecule has 0 N–H and O–H groups in total. The number of hydrogen-bond acceptors (Lipinski definition) is 5. The highest BCUT2D eigenvalue weighted by atomic mass is 16.9. The van der Waals surface area contributed by atoms with Crippen molar-refractivity contribution in [1.29, 1.82) is 0 Å². The highest BCUT2D eigenvalue weighted by Crippen LogP contribution is 2.41. The average molecular weight is 309 g/mol. The molecular formula is C17H14BO5. The quantitative estimate of drug-likeness (QED) is 0.476. The maximum Gasteiger partial charge on any atom is 0.548 e. The Morgan fingerprint density at radius 1 is 0.913 bits per heavy atom. The minimum atomic E-state index is -1.49. The van der Waals surface area contributed by atoms with E-state index >= 15 is 0 Å². The Balaban J connectivity index is 1.59. The maximum absolute atomic E-state index is 12.2. The van der Waals surface area contributed by atoms with Crippen molar-refractivity contribution in [3.05, 3.63) is 71.8 Å². The fourth-order valence-corrected chi connectivity index (χ4v) is 3.37. The molecule has 6 heteroatoms. The summed E-state index contributed by atoms with van der Waals surface area (Å²) in [5.41, 5.74) is 1.57. The Labute approximate surface area is 133 Å². The number of ether oxygens (including phenoxy) is 3. The van der Waals surface area contributed by atoms with Crippen LogP contribution in [-0.2, 0) is 23.8 Å². The summed E-state index contributed by atoms with van der Waals surface area (Å²) in [6, 6.07) is 18.4. The molecule has 3 atom stereocenters. The number of hydrogen-bond donors (Lipinski definition) is 0. The molecule has 2 aromatic carbocycles. The fourth-order valence-electron chi connectivity index (χ4n) is 3.37. The summed E-state index contributed by atoms with van der Waals surface area (Å²) in [7, 11) is -1.18. The molecule has 4 rings (SSSR count). The molecule has 2 saturated heterocycles. The van der Waals surface area contributed by atoms with Gasteiger partial charge in [-0.1, -0.05) is 66.2 Å². The van der Waals surface area contributed by atoms with Crippen LogP contribution in [0.25, 0.3) is 0 Å². The molecule has 0 saturated carbocycles. The molecule has 1 spiro atoms. The van der Waals surface area contributed by atoms with Crippen LogP contribution in [-0.4, -0.2) is 25.1 Å². The van der Waals surface area contributed by atoms with Gasteiger partial charge in [0.1, 0.15) is 0 Å². The van der Waals surface area contributed by atoms with Gasteiger partial charge in [-0.15, -0.1) is 0 Å². The van der Waals surface area contributed by atoms with Crippen molar-refractivity contribution in [3.63, 3.8) is 0 Å². The van der Waals surface area contributed by atoms with Crippen LogP contribution in [0.3, 0.4) is 0 Å². The third kappa shape index (κ3) is 2.41. The first-order valence-electron chi connectivity index (χ1n) is 7.72. The fraction of sp³-hybridized carbons (Fsp3) is 0.176. The van der Waals surface area contributed by atoms with E-state index in [1.165, 1.54) is 0 Å². The van der Waals surface area contributed by atoms with Crippen LogP contribution in [0, 0.1) is 0 Å². The lowest BCUT2D eigenvalue weighted by molar-refractivity contribution is -0.255. The highest BCUT2D eigenvalue weighted by molar-refractivity contribution is 6.49. The lowest BCUT2D eigenvalue weighted by Crippen LogP contribution is -2.36. The summed E-state index contributed by atoms with van der Waals surface area (Å²) >= 11 is 0. The topological polar surface area (TPSA) is 64.7 Å². The molecule has 2 aliphatic rings. The van der Waals surface area contributed by atoms with Crippen LogP contribution in [0.4, 0.5) is 0 Å². The van der Waals surface area contributed by atoms with Crippen LogP contribution in [0.15, 0.2) is 60.7 Å². The monoisotopic (exact) mass is 309 g/mol. The minimum Gasteiger partial charge on any atom is -0.408 e. The van der Waals surface area contributed by atoms with Gasteiger partial charge in [0.25, 0.3) is 0 Å². The molecular weight excluding hydrogens is 295 g/mol. The second kappa shape index (κ2) is 5.24. The van der Waals surface area contributed by atoms with Crippen molar-refractivity contribution >= 4 is 19.2 Å². The van der Waals surface area contributed by atoms with Crippen LogP contribution >= 0.6 is 0 Å². The van der Waals surface area contributed by atoms with E-state index in [0.717, 1.165) is 5.56 Å². The SMILES string of the molecule is O=C1OC2([BH2-][C@@H](c3ccccc3)C(=[O+])O2)O[C@H]1c1ccccc1. The zero-order chi connectivity index (χ0) is 15.9. The summed E-state index contributed by atoms with van der Waals surface area (Å²) < 4.78 is 16.5. The van der Waals surface area contributed by atoms with Gasteiger partial charge < -0.3 is 4.74 Å². The Kier molecular flexibility index (Phi) is 3.20. The lowest BCUT2D eigenvalue weighted by Gasteiger charge is -2.18. The van der Waals surface area contributed by atoms with Gasteiger partial charge in [-0.25, -0.2) is 4.79 Å². The Morgan fingerprint density at radius 2 is 1.52 bits per heavy atom. The molecule has 2 aliphatic heterocycles. The van der Waals surface area contributed by atoms with Crippen LogP contribution in [0.2, 0.25) is 0 Å². The second-order valence-electron chi connectivity index (χ2n) is 6.03. The lowest BCUT2D eigenvalue weighted by atomic mass is 9.61. The first-order chi connectivity index (χ1) is 11.2. The molecule has 23 heavy (non-hydrogen) atoms. The third-order valence-corrected chi connectivity index (χ3v) is 4.52. The average Bonchev–Trinajstić information content (AvgIpc) is 3.07. The summed E-state index contributed by atoms with van der Waals surface area (Å²) in [6.07, 6.45) is -0.845. The molecule has 0 aromatic heterocycles. The molecule has 2 heterocycles. The highest BCUT2D eigenvalue weighted by Gasteiger charge is 2.60. The predicted octanol–water partition coefficient (Wildman–Crippen LogP) is 1.38. The van der Waals surface area contributed by atoms with E-state index in [2.05, 4.69) is 0 Å². The zero-order valence-corrected chi connectivity index (χ0v) is 12.5. The van der Waals surface area contributed by atoms with Gasteiger partial charge in [-0.05, 0) is 5.56 Å². The third-order valence-electron chi connectivity index (χ3n) is 4.52. The van der Waals surface area contributed by atoms with E-state index in [-0.39, 0.29) is 5.82 Å². The molecule has 2 aromatic rings. The van der Waals surface area contributed by atoms with Gasteiger partial charge in [-0.2, -0.15) is 0 Å². The minimum absolute atomic E-state index is 0.376. The van der Waals surface area contributed by atoms with Gasteiger partial charge in [0.15, 0.2) is 13.4 Å². The smallest absolute Gasteiger partial charge is 0.408 e. The van der Waals surface area contributed by atoms with E-state index in [9.17, 15) is 9.59 Å². The molecule has 2 fully saturated rings. The zero-order valence-electron chi connectivity index (χ0n) is 12.5. The molecule has 1 radical (unpaired) electrons. The molecule has 5 nitrogen and oxygen atoms in total. The number of carbonyl (C=O) groups excluding carboxylic acids is 2. The molecule has 115 valence electrons. The van der Waals surface area contributed by atoms with E-state index in [1.807, 2.05) is 48.5 Å². The maximum atomic E-state index is 12.2. The van der Waals surface area contributed by atoms with E-state index < -0.39 is 31.2 Å². The summed E-state index contributed by atoms with van der Waals surface area (Å²) in [5, 5.41) is 0. The standard InChI is InChI=1S/C17H14BO5/c19-15-13(11-7-3-1-4-8-11)18-17(22-15)21-14(16(20)23-17)12-9-5-2-6-10-12/h1-10,13-14H,18H2/t13-,14-,17?/m0/s1. The van der Waals surface area contributed by atoms with Gasteiger partial charge in [-0.3, -0.25) is 9.47 Å². The Hall–Kier alpha value is -2.60. The van der Waals surface area contributed by atoms with Crippen molar-refractivity contribution in [3.8, 4) is 0 Å². The van der Waals surface area contributed by atoms with Crippen LogP contribution in [0.1, 0.15) is 23.0 Å². The number of rotatable bonds is 2. The summed E-state index contributed by atoms with van der Waals surface area (Å²) in [5.74, 6) is -2.77. The molecule has 0 amide bonds. The van der Waals surface area contributed by atoms with Crippen LogP contribution in [0.5, 0.6) is 0 Å². The van der Waals surface area contributed by atoms with Crippen molar-refractivity contribution in [2.24, 2.45) is 0 Å². The number of esters is 2. The summed E-state index contributed by atoms with van der Waals surface area (Å²) in [6.45, 7) is 0. The second-order valence-corrected chi connectivity index (χ2v) is 6.03. The molecule has 0 bridgehead atoms. The normalized spacial score (nSPS) is 29.6. The largest absolute Gasteiger partial charge is 0.548 e. The Bertz CT molecular complexity index is 681. The molecule has 0 aliphatic carbocycles. The number of benzene rings is 2. The van der Waals surface area contributed by atoms with Crippen LogP contribution < -0.4 is 0 Å². The number of carbonyl (C=O) groups is 2. The Morgan fingerprint density at radius 3 is 2.17 bits per heavy atom. The van der Waals surface area contributed by atoms with Gasteiger partial charge in [0.2, 0.25) is 0 Å². The van der Waals surface area contributed by atoms with E-state index in [4.69, 9.17) is 14.2 Å². The molecule has 1 unspecified atom stereocenters. The summed E-state index contributed by atoms with van der Waals surface area (Å²) in [4.78, 5) is 24.4. The van der Waals surface area contributed by atoms with E-state index in [0.29, 0.717) is 5.56 Å². The van der Waals surface area contributed by atoms with Crippen molar-refractivity contribution < 1.29 is 23.8 Å². The predicted molar refractivity (Wildman–Crippen MR) is 82.9 cm³/mol. The first-order valence-corrected chi connectivity index (χ1v) is 7.72.